The Morgan fingerprint density at radius 2 is 2.00 bits per heavy atom. The van der Waals surface area contributed by atoms with Gasteiger partial charge in [-0.15, -0.1) is 0 Å². The van der Waals surface area contributed by atoms with Gasteiger partial charge in [-0.2, -0.15) is 0 Å². The van der Waals surface area contributed by atoms with E-state index >= 15 is 0 Å². The Balaban J connectivity index is 2.31. The quantitative estimate of drug-likeness (QED) is 0.590. The molecule has 0 saturated carbocycles. The van der Waals surface area contributed by atoms with Crippen LogP contribution in [0.5, 0.6) is 0 Å². The first kappa shape index (κ1) is 16.1. The van der Waals surface area contributed by atoms with Crippen molar-refractivity contribution in [1.82, 2.24) is 5.32 Å². The molecule has 110 valence electrons. The third-order valence-corrected chi connectivity index (χ3v) is 2.87. The number of benzene rings is 1. The number of esters is 1. The average Bonchev–Trinajstić information content (AvgIpc) is 2.49. The Kier molecular flexibility index (Phi) is 6.69. The Labute approximate surface area is 117 Å². The summed E-state index contributed by atoms with van der Waals surface area (Å²) in [6.45, 7) is -0.204. The largest absolute Gasteiger partial charge is 0.467 e. The summed E-state index contributed by atoms with van der Waals surface area (Å²) in [5, 5.41) is 11.7. The lowest BCUT2D eigenvalue weighted by Gasteiger charge is -2.14. The van der Waals surface area contributed by atoms with E-state index in [9.17, 15) is 14.7 Å². The van der Waals surface area contributed by atoms with Crippen molar-refractivity contribution in [1.29, 1.82) is 0 Å². The van der Waals surface area contributed by atoms with Crippen molar-refractivity contribution in [2.75, 3.05) is 13.7 Å². The van der Waals surface area contributed by atoms with Crippen LogP contribution in [0.1, 0.15) is 12.0 Å². The molecule has 0 saturated heterocycles. The molecule has 1 unspecified atom stereocenters. The van der Waals surface area contributed by atoms with Crippen molar-refractivity contribution in [2.45, 2.75) is 25.0 Å². The van der Waals surface area contributed by atoms with Gasteiger partial charge in [0.25, 0.3) is 0 Å². The topological polar surface area (TPSA) is 102 Å². The van der Waals surface area contributed by atoms with Crippen LogP contribution < -0.4 is 11.1 Å². The summed E-state index contributed by atoms with van der Waals surface area (Å²) in [5.41, 5.74) is 6.85. The molecule has 0 spiro atoms. The zero-order valence-electron chi connectivity index (χ0n) is 11.4. The van der Waals surface area contributed by atoms with E-state index in [1.54, 1.807) is 0 Å². The average molecular weight is 280 g/mol. The van der Waals surface area contributed by atoms with Crippen molar-refractivity contribution in [3.63, 3.8) is 0 Å². The predicted molar refractivity (Wildman–Crippen MR) is 73.8 cm³/mol. The van der Waals surface area contributed by atoms with Gasteiger partial charge < -0.3 is 20.9 Å². The van der Waals surface area contributed by atoms with Gasteiger partial charge in [0.2, 0.25) is 5.91 Å². The van der Waals surface area contributed by atoms with Gasteiger partial charge in [-0.3, -0.25) is 4.79 Å². The zero-order chi connectivity index (χ0) is 15.0. The van der Waals surface area contributed by atoms with Crippen molar-refractivity contribution >= 4 is 11.9 Å². The summed E-state index contributed by atoms with van der Waals surface area (Å²) in [6, 6.07) is 9.02. The number of hydrogen-bond acceptors (Lipinski definition) is 5. The molecule has 6 heteroatoms. The molecule has 1 aromatic rings. The molecule has 0 fully saturated rings. The highest BCUT2D eigenvalue weighted by atomic mass is 16.5. The second-order valence-corrected chi connectivity index (χ2v) is 4.41. The van der Waals surface area contributed by atoms with E-state index in [0.717, 1.165) is 5.56 Å². The van der Waals surface area contributed by atoms with Gasteiger partial charge >= 0.3 is 5.97 Å². The summed E-state index contributed by atoms with van der Waals surface area (Å²) < 4.78 is 4.34. The van der Waals surface area contributed by atoms with Crippen molar-refractivity contribution in [3.05, 3.63) is 35.9 Å². The molecule has 0 radical (unpaired) electrons. The first-order valence-electron chi connectivity index (χ1n) is 6.37. The van der Waals surface area contributed by atoms with Crippen molar-refractivity contribution < 1.29 is 19.4 Å². The maximum Gasteiger partial charge on any atom is 0.336 e. The fraction of sp³-hybridized carbons (Fsp3) is 0.429. The van der Waals surface area contributed by atoms with E-state index in [1.807, 2.05) is 30.3 Å². The molecule has 0 heterocycles. The van der Waals surface area contributed by atoms with Crippen LogP contribution in [0, 0.1) is 0 Å². The predicted octanol–water partition coefficient (Wildman–Crippen LogP) is -0.403. The molecule has 1 amide bonds. The molecular formula is C14H20N2O4. The molecule has 1 aromatic carbocycles. The third-order valence-electron chi connectivity index (χ3n) is 2.87. The number of hydrogen-bond donors (Lipinski definition) is 3. The summed E-state index contributed by atoms with van der Waals surface area (Å²) in [4.78, 5) is 22.6. The standard InChI is InChI=1S/C14H20N2O4/c1-20-14(19)12(17)9-16-13(18)11(15)8-7-10-5-3-2-4-6-10/h2-6,11-12,17H,7-9,15H2,1H3,(H,16,18)/t11-,12?/m0/s1. The first-order chi connectivity index (χ1) is 9.54. The van der Waals surface area contributed by atoms with Gasteiger partial charge in [0.05, 0.1) is 19.7 Å². The summed E-state index contributed by atoms with van der Waals surface area (Å²) >= 11 is 0. The minimum atomic E-state index is -1.37. The van der Waals surface area contributed by atoms with Gasteiger partial charge in [-0.25, -0.2) is 4.79 Å². The van der Waals surface area contributed by atoms with Crippen LogP contribution in [0.15, 0.2) is 30.3 Å². The van der Waals surface area contributed by atoms with Crippen LogP contribution in [-0.4, -0.2) is 42.8 Å². The Morgan fingerprint density at radius 1 is 1.35 bits per heavy atom. The normalized spacial score (nSPS) is 13.3. The number of methoxy groups -OCH3 is 1. The molecule has 0 bridgehead atoms. The Morgan fingerprint density at radius 3 is 2.60 bits per heavy atom. The van der Waals surface area contributed by atoms with Crippen molar-refractivity contribution in [2.24, 2.45) is 5.73 Å². The van der Waals surface area contributed by atoms with E-state index in [0.29, 0.717) is 12.8 Å². The van der Waals surface area contributed by atoms with Gasteiger partial charge in [0.15, 0.2) is 6.10 Å². The van der Waals surface area contributed by atoms with E-state index in [2.05, 4.69) is 10.1 Å². The number of carbonyl (C=O) groups excluding carboxylic acids is 2. The second-order valence-electron chi connectivity index (χ2n) is 4.41. The molecule has 0 aliphatic rings. The van der Waals surface area contributed by atoms with Crippen LogP contribution in [-0.2, 0) is 20.7 Å². The van der Waals surface area contributed by atoms with Crippen LogP contribution in [0.2, 0.25) is 0 Å². The molecule has 0 aliphatic carbocycles. The maximum absolute atomic E-state index is 11.7. The van der Waals surface area contributed by atoms with Gasteiger partial charge in [0, 0.05) is 0 Å². The van der Waals surface area contributed by atoms with E-state index in [1.165, 1.54) is 7.11 Å². The van der Waals surface area contributed by atoms with Crippen LogP contribution in [0.3, 0.4) is 0 Å². The molecule has 4 N–H and O–H groups in total. The molecule has 0 aliphatic heterocycles. The Hall–Kier alpha value is -1.92. The number of carbonyl (C=O) groups is 2. The number of aliphatic hydroxyl groups excluding tert-OH is 1. The van der Waals surface area contributed by atoms with Crippen molar-refractivity contribution in [3.8, 4) is 0 Å². The molecule has 1 rings (SSSR count). The lowest BCUT2D eigenvalue weighted by atomic mass is 10.1. The fourth-order valence-electron chi connectivity index (χ4n) is 1.65. The number of aliphatic hydroxyl groups is 1. The van der Waals surface area contributed by atoms with Crippen LogP contribution >= 0.6 is 0 Å². The molecule has 20 heavy (non-hydrogen) atoms. The lowest BCUT2D eigenvalue weighted by molar-refractivity contribution is -0.150. The van der Waals surface area contributed by atoms with Crippen LogP contribution in [0.25, 0.3) is 0 Å². The Bertz CT molecular complexity index is 436. The minimum absolute atomic E-state index is 0.204. The molecule has 0 aromatic heterocycles. The highest BCUT2D eigenvalue weighted by Crippen LogP contribution is 2.04. The smallest absolute Gasteiger partial charge is 0.336 e. The number of nitrogens with one attached hydrogen (secondary N) is 1. The second kappa shape index (κ2) is 8.29. The molecule has 6 nitrogen and oxygen atoms in total. The summed E-state index contributed by atoms with van der Waals surface area (Å²) in [6.07, 6.45) is -0.190. The SMILES string of the molecule is COC(=O)C(O)CNC(=O)[C@@H](N)CCc1ccccc1. The van der Waals surface area contributed by atoms with E-state index < -0.39 is 24.0 Å². The zero-order valence-corrected chi connectivity index (χ0v) is 11.4. The summed E-state index contributed by atoms with van der Waals surface area (Å²) in [7, 11) is 1.17. The third kappa shape index (κ3) is 5.38. The number of nitrogens with two attached hydrogens (primary N) is 1. The van der Waals surface area contributed by atoms with Gasteiger partial charge in [-0.05, 0) is 18.4 Å². The molecular weight excluding hydrogens is 260 g/mol. The number of amides is 1. The van der Waals surface area contributed by atoms with Crippen LogP contribution in [0.4, 0.5) is 0 Å². The van der Waals surface area contributed by atoms with E-state index in [4.69, 9.17) is 5.73 Å². The number of ether oxygens (including phenoxy) is 1. The first-order valence-corrected chi connectivity index (χ1v) is 6.37. The minimum Gasteiger partial charge on any atom is -0.467 e. The number of aryl methyl sites for hydroxylation is 1. The summed E-state index contributed by atoms with van der Waals surface area (Å²) in [5.74, 6) is -1.19. The van der Waals surface area contributed by atoms with E-state index in [-0.39, 0.29) is 6.54 Å². The fourth-order valence-corrected chi connectivity index (χ4v) is 1.65. The highest BCUT2D eigenvalue weighted by Gasteiger charge is 2.18. The maximum atomic E-state index is 11.7. The monoisotopic (exact) mass is 280 g/mol. The lowest BCUT2D eigenvalue weighted by Crippen LogP contribution is -2.45. The highest BCUT2D eigenvalue weighted by molar-refractivity contribution is 5.82. The van der Waals surface area contributed by atoms with Gasteiger partial charge in [-0.1, -0.05) is 30.3 Å². The molecule has 2 atom stereocenters. The number of rotatable bonds is 7. The van der Waals surface area contributed by atoms with Gasteiger partial charge in [0.1, 0.15) is 0 Å².